The zero-order valence-corrected chi connectivity index (χ0v) is 18.9. The summed E-state index contributed by atoms with van der Waals surface area (Å²) in [5, 5.41) is 13.9. The van der Waals surface area contributed by atoms with Gasteiger partial charge in [0.25, 0.3) is 11.8 Å². The number of fused-ring (bicyclic) bond motifs is 2. The van der Waals surface area contributed by atoms with Gasteiger partial charge in [-0.2, -0.15) is 9.47 Å². The number of carbonyl (C=O) groups is 2. The molecule has 1 unspecified atom stereocenters. The second-order valence-corrected chi connectivity index (χ2v) is 8.93. The van der Waals surface area contributed by atoms with Crippen LogP contribution in [0.4, 0.5) is 5.69 Å². The highest BCUT2D eigenvalue weighted by Gasteiger charge is 2.36. The van der Waals surface area contributed by atoms with Crippen molar-refractivity contribution in [3.63, 3.8) is 0 Å². The van der Waals surface area contributed by atoms with Crippen molar-refractivity contribution in [2.24, 2.45) is 0 Å². The lowest BCUT2D eigenvalue weighted by Gasteiger charge is -2.18. The topological polar surface area (TPSA) is 113 Å². The minimum Gasteiger partial charge on any atom is -0.340 e. The van der Waals surface area contributed by atoms with Gasteiger partial charge in [0.2, 0.25) is 0 Å². The molecule has 2 aromatic carbocycles. The fourth-order valence-electron chi connectivity index (χ4n) is 4.11. The molecule has 8 nitrogen and oxygen atoms in total. The Morgan fingerprint density at radius 2 is 1.94 bits per heavy atom. The molecule has 0 spiro atoms. The van der Waals surface area contributed by atoms with E-state index in [2.05, 4.69) is 30.2 Å². The van der Waals surface area contributed by atoms with Crippen LogP contribution >= 0.6 is 23.1 Å². The van der Waals surface area contributed by atoms with Gasteiger partial charge in [0.1, 0.15) is 11.4 Å². The number of pyridine rings is 1. The minimum absolute atomic E-state index is 0.224. The van der Waals surface area contributed by atoms with Crippen molar-refractivity contribution >= 4 is 50.7 Å². The van der Waals surface area contributed by atoms with E-state index in [1.807, 2.05) is 42.5 Å². The lowest BCUT2D eigenvalue weighted by atomic mass is 9.97. The molecule has 0 radical (unpaired) electrons. The summed E-state index contributed by atoms with van der Waals surface area (Å²) in [4.78, 5) is 30.9. The second kappa shape index (κ2) is 8.05. The molecule has 0 saturated carbocycles. The molecule has 3 aromatic heterocycles. The quantitative estimate of drug-likeness (QED) is 0.337. The van der Waals surface area contributed by atoms with Crippen LogP contribution in [0.2, 0.25) is 5.02 Å². The zero-order chi connectivity index (χ0) is 23.2. The number of hydrogen-bond donors (Lipinski definition) is 3. The van der Waals surface area contributed by atoms with E-state index in [1.165, 1.54) is 11.5 Å². The van der Waals surface area contributed by atoms with Crippen molar-refractivity contribution in [1.29, 1.82) is 0 Å². The third-order valence-electron chi connectivity index (χ3n) is 5.69. The first-order chi connectivity index (χ1) is 16.6. The summed E-state index contributed by atoms with van der Waals surface area (Å²) in [5.41, 5.74) is 3.45. The molecule has 0 aliphatic carbocycles. The Balaban J connectivity index is 1.50. The number of aromatic amines is 1. The van der Waals surface area contributed by atoms with E-state index < -0.39 is 6.04 Å². The number of H-pyrrole nitrogens is 1. The molecular weight excluding hydrogens is 472 g/mol. The van der Waals surface area contributed by atoms with E-state index in [0.717, 1.165) is 10.1 Å². The molecule has 0 bridgehead atoms. The lowest BCUT2D eigenvalue weighted by molar-refractivity contribution is 0.0955. The summed E-state index contributed by atoms with van der Waals surface area (Å²) < 4.78 is 5.27. The van der Waals surface area contributed by atoms with Crippen molar-refractivity contribution in [1.82, 2.24) is 24.9 Å². The molecule has 2 amide bonds. The molecule has 1 aliphatic heterocycles. The number of nitrogens with zero attached hydrogens (tertiary/aromatic N) is 3. The van der Waals surface area contributed by atoms with Gasteiger partial charge >= 0.3 is 0 Å². The van der Waals surface area contributed by atoms with E-state index in [9.17, 15) is 9.59 Å². The number of nitrogens with one attached hydrogen (secondary N) is 3. The van der Waals surface area contributed by atoms with Crippen LogP contribution in [-0.4, -0.2) is 31.4 Å². The van der Waals surface area contributed by atoms with Gasteiger partial charge in [-0.3, -0.25) is 14.7 Å². The van der Waals surface area contributed by atoms with Crippen molar-refractivity contribution in [3.05, 3.63) is 94.5 Å². The Morgan fingerprint density at radius 1 is 1.12 bits per heavy atom. The third-order valence-corrected chi connectivity index (χ3v) is 6.86. The average Bonchev–Trinajstić information content (AvgIpc) is 3.59. The van der Waals surface area contributed by atoms with E-state index in [0.29, 0.717) is 38.8 Å². The number of rotatable bonds is 4. The van der Waals surface area contributed by atoms with Crippen molar-refractivity contribution in [2.75, 3.05) is 5.32 Å². The summed E-state index contributed by atoms with van der Waals surface area (Å²) in [6, 6.07) is 16.0. The molecule has 166 valence electrons. The monoisotopic (exact) mass is 486 g/mol. The number of aromatic nitrogens is 4. The maximum atomic E-state index is 13.3. The molecule has 34 heavy (non-hydrogen) atoms. The Bertz CT molecular complexity index is 1580. The first-order valence-corrected chi connectivity index (χ1v) is 11.5. The maximum absolute atomic E-state index is 13.3. The summed E-state index contributed by atoms with van der Waals surface area (Å²) >= 11 is 7.72. The molecule has 0 saturated heterocycles. The Hall–Kier alpha value is -4.08. The summed E-state index contributed by atoms with van der Waals surface area (Å²) in [5.74, 6) is -0.721. The highest BCUT2D eigenvalue weighted by atomic mass is 35.5. The summed E-state index contributed by atoms with van der Waals surface area (Å²) in [6.07, 6.45) is 3.28. The first kappa shape index (κ1) is 20.5. The number of carbonyl (C=O) groups excluding carboxylic acids is 2. The highest BCUT2D eigenvalue weighted by Crippen LogP contribution is 2.40. The molecule has 1 atom stereocenters. The van der Waals surface area contributed by atoms with Gasteiger partial charge in [-0.15, -0.1) is 0 Å². The molecule has 1 aliphatic rings. The fraction of sp³-hybridized carbons (Fsp3) is 0.0417. The molecule has 10 heteroatoms. The van der Waals surface area contributed by atoms with Gasteiger partial charge in [0.05, 0.1) is 28.3 Å². The Morgan fingerprint density at radius 3 is 2.76 bits per heavy atom. The lowest BCUT2D eigenvalue weighted by Crippen LogP contribution is -2.21. The number of anilines is 1. The summed E-state index contributed by atoms with van der Waals surface area (Å²) in [7, 11) is 0. The normalized spacial score (nSPS) is 14.7. The van der Waals surface area contributed by atoms with Gasteiger partial charge in [-0.05, 0) is 35.3 Å². The largest absolute Gasteiger partial charge is 0.340 e. The molecule has 3 N–H and O–H groups in total. The van der Waals surface area contributed by atoms with Crippen LogP contribution in [-0.2, 0) is 0 Å². The predicted octanol–water partition coefficient (Wildman–Crippen LogP) is 4.82. The van der Waals surface area contributed by atoms with Gasteiger partial charge in [-0.25, -0.2) is 4.98 Å². The molecule has 6 rings (SSSR count). The molecule has 4 heterocycles. The van der Waals surface area contributed by atoms with Gasteiger partial charge in [0.15, 0.2) is 0 Å². The molecular formula is C24H15ClN6O2S. The fourth-order valence-corrected chi connectivity index (χ4v) is 5.13. The number of halogens is 1. The van der Waals surface area contributed by atoms with Crippen LogP contribution in [0.5, 0.6) is 0 Å². The van der Waals surface area contributed by atoms with Crippen LogP contribution in [0, 0.1) is 0 Å². The average molecular weight is 487 g/mol. The predicted molar refractivity (Wildman–Crippen MR) is 130 cm³/mol. The first-order valence-electron chi connectivity index (χ1n) is 10.4. The third kappa shape index (κ3) is 3.33. The van der Waals surface area contributed by atoms with Crippen LogP contribution in [0.25, 0.3) is 21.3 Å². The maximum Gasteiger partial charge on any atom is 0.276 e. The van der Waals surface area contributed by atoms with E-state index in [-0.39, 0.29) is 17.5 Å². The standard InChI is InChI=1S/C24H15ClN6O2S/c25-15-7-3-1-5-13(15)20-19-17(29-23(32)21-14-6-2-4-8-18(14)34-31-21)9-16(12-10-26-27-11-12)28-22(19)24(33)30-20/h1-11,20H,(H,26,27)(H,30,33)(H,28,29,32). The van der Waals surface area contributed by atoms with Crippen molar-refractivity contribution in [2.45, 2.75) is 6.04 Å². The van der Waals surface area contributed by atoms with Gasteiger partial charge < -0.3 is 10.6 Å². The Labute approximate surface area is 202 Å². The van der Waals surface area contributed by atoms with Crippen LogP contribution in [0.3, 0.4) is 0 Å². The van der Waals surface area contributed by atoms with Crippen LogP contribution < -0.4 is 10.6 Å². The van der Waals surface area contributed by atoms with Crippen LogP contribution in [0.15, 0.2) is 67.0 Å². The van der Waals surface area contributed by atoms with Crippen LogP contribution in [0.1, 0.15) is 38.1 Å². The van der Waals surface area contributed by atoms with Gasteiger partial charge in [-0.1, -0.05) is 48.0 Å². The van der Waals surface area contributed by atoms with Crippen molar-refractivity contribution in [3.8, 4) is 11.3 Å². The number of amides is 2. The summed E-state index contributed by atoms with van der Waals surface area (Å²) in [6.45, 7) is 0. The van der Waals surface area contributed by atoms with E-state index >= 15 is 0 Å². The smallest absolute Gasteiger partial charge is 0.276 e. The molecule has 0 fully saturated rings. The molecule has 5 aromatic rings. The van der Waals surface area contributed by atoms with Crippen molar-refractivity contribution < 1.29 is 9.59 Å². The number of hydrogen-bond acceptors (Lipinski definition) is 6. The van der Waals surface area contributed by atoms with E-state index in [4.69, 9.17) is 11.6 Å². The van der Waals surface area contributed by atoms with Gasteiger partial charge in [0, 0.05) is 27.7 Å². The second-order valence-electron chi connectivity index (χ2n) is 7.71. The Kier molecular flexibility index (Phi) is 4.86. The zero-order valence-electron chi connectivity index (χ0n) is 17.4. The number of benzene rings is 2. The van der Waals surface area contributed by atoms with E-state index in [1.54, 1.807) is 24.5 Å². The SMILES string of the molecule is O=C1NC(c2ccccc2Cl)c2c(NC(=O)c3nsc4ccccc34)cc(-c3cn[nH]c3)nc21. The minimum atomic E-state index is -0.565. The highest BCUT2D eigenvalue weighted by molar-refractivity contribution is 7.13.